The molecule has 0 aliphatic carbocycles. The van der Waals surface area contributed by atoms with Crippen LogP contribution in [-0.2, 0) is 20.9 Å². The van der Waals surface area contributed by atoms with Gasteiger partial charge in [-0.3, -0.25) is 14.4 Å². The quantitative estimate of drug-likeness (QED) is 0.226. The van der Waals surface area contributed by atoms with Crippen LogP contribution < -0.4 is 15.4 Å². The van der Waals surface area contributed by atoms with Crippen molar-refractivity contribution in [2.75, 3.05) is 11.9 Å². The third-order valence-corrected chi connectivity index (χ3v) is 5.36. The van der Waals surface area contributed by atoms with Crippen molar-refractivity contribution >= 4 is 23.3 Å². The smallest absolute Gasteiger partial charge is 0.293 e. The number of benzene rings is 4. The maximum absolute atomic E-state index is 13.1. The van der Waals surface area contributed by atoms with Gasteiger partial charge in [0.15, 0.2) is 0 Å². The molecule has 4 aromatic rings. The largest absolute Gasteiger partial charge is 0.457 e. The zero-order valence-electron chi connectivity index (χ0n) is 20.0. The molecule has 4 rings (SSSR count). The summed E-state index contributed by atoms with van der Waals surface area (Å²) in [6, 6.07) is 32.7. The summed E-state index contributed by atoms with van der Waals surface area (Å²) in [5, 5.41) is 5.28. The van der Waals surface area contributed by atoms with Crippen LogP contribution in [0.2, 0.25) is 0 Å². The van der Waals surface area contributed by atoms with Crippen LogP contribution in [0.15, 0.2) is 115 Å². The molecule has 1 atom stereocenters. The lowest BCUT2D eigenvalue weighted by Gasteiger charge is -2.18. The van der Waals surface area contributed by atoms with Gasteiger partial charge in [0.2, 0.25) is 11.7 Å². The number of hydrogen-bond acceptors (Lipinski definition) is 5. The van der Waals surface area contributed by atoms with Crippen molar-refractivity contribution in [3.05, 3.63) is 126 Å². The molecule has 0 saturated heterocycles. The highest BCUT2D eigenvalue weighted by Gasteiger charge is 2.25. The summed E-state index contributed by atoms with van der Waals surface area (Å²) in [5.41, 5.74) is 1.66. The van der Waals surface area contributed by atoms with Gasteiger partial charge in [0.1, 0.15) is 17.5 Å². The third-order valence-electron chi connectivity index (χ3n) is 5.36. The van der Waals surface area contributed by atoms with Gasteiger partial charge in [-0.05, 0) is 42.0 Å². The summed E-state index contributed by atoms with van der Waals surface area (Å²) in [6.07, 6.45) is 0. The predicted molar refractivity (Wildman–Crippen MR) is 140 cm³/mol. The number of carbonyl (C=O) groups excluding carboxylic acids is 3. The standard InChI is InChI=1S/C30H26N2O5/c33-28(23-12-6-2-7-13-23)30(35)32-27(21-36-20-22-10-4-1-5-11-22)29(34)31-24-16-18-26(19-17-24)37-25-14-8-3-9-15-25/h1-19,27H,20-21H2,(H,31,34)(H,32,35). The number of rotatable bonds is 11. The molecule has 7 nitrogen and oxygen atoms in total. The fourth-order valence-corrected chi connectivity index (χ4v) is 3.46. The maximum Gasteiger partial charge on any atom is 0.293 e. The Morgan fingerprint density at radius 2 is 1.24 bits per heavy atom. The summed E-state index contributed by atoms with van der Waals surface area (Å²) in [4.78, 5) is 38.3. The predicted octanol–water partition coefficient (Wildman–Crippen LogP) is 5.00. The van der Waals surface area contributed by atoms with Crippen LogP contribution in [-0.4, -0.2) is 30.2 Å². The second kappa shape index (κ2) is 12.8. The Morgan fingerprint density at radius 1 is 0.676 bits per heavy atom. The number of para-hydroxylation sites is 1. The average molecular weight is 495 g/mol. The number of ether oxygens (including phenoxy) is 2. The van der Waals surface area contributed by atoms with Crippen molar-refractivity contribution in [2.45, 2.75) is 12.6 Å². The van der Waals surface area contributed by atoms with E-state index in [2.05, 4.69) is 10.6 Å². The molecule has 1 unspecified atom stereocenters. The van der Waals surface area contributed by atoms with Crippen molar-refractivity contribution in [3.63, 3.8) is 0 Å². The zero-order chi connectivity index (χ0) is 25.9. The zero-order valence-corrected chi connectivity index (χ0v) is 20.0. The van der Waals surface area contributed by atoms with Crippen molar-refractivity contribution in [3.8, 4) is 11.5 Å². The minimum atomic E-state index is -1.09. The van der Waals surface area contributed by atoms with Crippen LogP contribution in [0.5, 0.6) is 11.5 Å². The third kappa shape index (κ3) is 7.62. The van der Waals surface area contributed by atoms with E-state index in [0.29, 0.717) is 17.2 Å². The molecule has 37 heavy (non-hydrogen) atoms. The Labute approximate surface area is 215 Å². The molecule has 0 spiro atoms. The first kappa shape index (κ1) is 25.3. The van der Waals surface area contributed by atoms with Gasteiger partial charge < -0.3 is 20.1 Å². The summed E-state index contributed by atoms with van der Waals surface area (Å²) < 4.78 is 11.5. The molecule has 0 aliphatic rings. The van der Waals surface area contributed by atoms with Crippen molar-refractivity contribution in [1.82, 2.24) is 5.32 Å². The number of carbonyl (C=O) groups is 3. The molecule has 0 radical (unpaired) electrons. The maximum atomic E-state index is 13.1. The van der Waals surface area contributed by atoms with E-state index in [-0.39, 0.29) is 18.8 Å². The van der Waals surface area contributed by atoms with Crippen molar-refractivity contribution in [1.29, 1.82) is 0 Å². The minimum Gasteiger partial charge on any atom is -0.457 e. The van der Waals surface area contributed by atoms with Gasteiger partial charge in [-0.15, -0.1) is 0 Å². The number of Topliss-reactive ketones (excluding diaryl/α,β-unsaturated/α-hetero) is 1. The van der Waals surface area contributed by atoms with Gasteiger partial charge >= 0.3 is 0 Å². The molecule has 0 aliphatic heterocycles. The summed E-state index contributed by atoms with van der Waals surface area (Å²) in [7, 11) is 0. The van der Waals surface area contributed by atoms with Gasteiger partial charge in [-0.2, -0.15) is 0 Å². The fourth-order valence-electron chi connectivity index (χ4n) is 3.46. The Balaban J connectivity index is 1.41. The van der Waals surface area contributed by atoms with E-state index < -0.39 is 23.6 Å². The van der Waals surface area contributed by atoms with Crippen LogP contribution in [0.1, 0.15) is 15.9 Å². The molecule has 4 aromatic carbocycles. The lowest BCUT2D eigenvalue weighted by atomic mass is 10.1. The van der Waals surface area contributed by atoms with E-state index in [9.17, 15) is 14.4 Å². The molecule has 7 heteroatoms. The minimum absolute atomic E-state index is 0.121. The number of nitrogens with one attached hydrogen (secondary N) is 2. The molecule has 186 valence electrons. The summed E-state index contributed by atoms with van der Waals surface area (Å²) >= 11 is 0. The number of ketones is 1. The van der Waals surface area contributed by atoms with E-state index in [0.717, 1.165) is 5.56 Å². The molecular formula is C30H26N2O5. The second-order valence-corrected chi connectivity index (χ2v) is 8.15. The van der Waals surface area contributed by atoms with Gasteiger partial charge in [-0.1, -0.05) is 78.9 Å². The van der Waals surface area contributed by atoms with Crippen LogP contribution in [0.4, 0.5) is 5.69 Å². The normalized spacial score (nSPS) is 11.2. The molecule has 0 fully saturated rings. The lowest BCUT2D eigenvalue weighted by Crippen LogP contribution is -2.49. The monoisotopic (exact) mass is 494 g/mol. The van der Waals surface area contributed by atoms with Crippen LogP contribution >= 0.6 is 0 Å². The molecule has 0 heterocycles. The van der Waals surface area contributed by atoms with Crippen molar-refractivity contribution in [2.24, 2.45) is 0 Å². The van der Waals surface area contributed by atoms with Crippen LogP contribution in [0, 0.1) is 0 Å². The molecular weight excluding hydrogens is 468 g/mol. The number of anilines is 1. The number of hydrogen-bond donors (Lipinski definition) is 2. The molecule has 2 amide bonds. The highest BCUT2D eigenvalue weighted by molar-refractivity contribution is 6.43. The van der Waals surface area contributed by atoms with E-state index in [1.165, 1.54) is 0 Å². The molecule has 2 N–H and O–H groups in total. The van der Waals surface area contributed by atoms with Gasteiger partial charge in [0.25, 0.3) is 5.91 Å². The first-order valence-electron chi connectivity index (χ1n) is 11.7. The summed E-state index contributed by atoms with van der Waals surface area (Å²) in [6.45, 7) is 0.127. The van der Waals surface area contributed by atoms with E-state index in [4.69, 9.17) is 9.47 Å². The Bertz CT molecular complexity index is 1310. The lowest BCUT2D eigenvalue weighted by molar-refractivity contribution is -0.125. The first-order valence-corrected chi connectivity index (χ1v) is 11.7. The highest BCUT2D eigenvalue weighted by atomic mass is 16.5. The van der Waals surface area contributed by atoms with Gasteiger partial charge in [0, 0.05) is 11.3 Å². The molecule has 0 bridgehead atoms. The molecule has 0 aromatic heterocycles. The average Bonchev–Trinajstić information content (AvgIpc) is 2.94. The topological polar surface area (TPSA) is 93.7 Å². The van der Waals surface area contributed by atoms with Crippen molar-refractivity contribution < 1.29 is 23.9 Å². The Kier molecular flexibility index (Phi) is 8.77. The Hall–Kier alpha value is -4.75. The van der Waals surface area contributed by atoms with Crippen LogP contribution in [0.3, 0.4) is 0 Å². The van der Waals surface area contributed by atoms with E-state index >= 15 is 0 Å². The SMILES string of the molecule is O=C(NC(COCc1ccccc1)C(=O)Nc1ccc(Oc2ccccc2)cc1)C(=O)c1ccccc1. The van der Waals surface area contributed by atoms with Gasteiger partial charge in [-0.25, -0.2) is 0 Å². The summed E-state index contributed by atoms with van der Waals surface area (Å²) in [5.74, 6) is -0.835. The number of amides is 2. The van der Waals surface area contributed by atoms with Gasteiger partial charge in [0.05, 0.1) is 13.2 Å². The molecule has 0 saturated carbocycles. The van der Waals surface area contributed by atoms with E-state index in [1.54, 1.807) is 54.6 Å². The first-order chi connectivity index (χ1) is 18.1. The Morgan fingerprint density at radius 3 is 1.89 bits per heavy atom. The highest BCUT2D eigenvalue weighted by Crippen LogP contribution is 2.22. The second-order valence-electron chi connectivity index (χ2n) is 8.15. The van der Waals surface area contributed by atoms with Crippen LogP contribution in [0.25, 0.3) is 0 Å². The fraction of sp³-hybridized carbons (Fsp3) is 0.100. The van der Waals surface area contributed by atoms with E-state index in [1.807, 2.05) is 60.7 Å².